The summed E-state index contributed by atoms with van der Waals surface area (Å²) in [6.07, 6.45) is 4.10. The van der Waals surface area contributed by atoms with Gasteiger partial charge in [0.2, 0.25) is 0 Å². The van der Waals surface area contributed by atoms with Gasteiger partial charge in [-0.05, 0) is 65.4 Å². The van der Waals surface area contributed by atoms with E-state index >= 15 is 0 Å². The third-order valence-corrected chi connectivity index (χ3v) is 7.51. The molecule has 2 aromatic carbocycles. The van der Waals surface area contributed by atoms with Crippen LogP contribution in [0, 0.1) is 0 Å². The zero-order chi connectivity index (χ0) is 27.0. The Morgan fingerprint density at radius 2 is 1.87 bits per heavy atom. The monoisotopic (exact) mass is 527 g/mol. The van der Waals surface area contributed by atoms with Gasteiger partial charge < -0.3 is 9.84 Å². The molecule has 1 saturated heterocycles. The van der Waals surface area contributed by atoms with Crippen LogP contribution in [0.3, 0.4) is 0 Å². The topological polar surface area (TPSA) is 92.6 Å². The number of carbonyl (C=O) groups is 2. The normalized spacial score (nSPS) is 17.4. The third kappa shape index (κ3) is 4.67. The number of anilines is 1. The SMILES string of the molecule is CCCOc1ccc(/C(O)=C2\C(=O)C(=O)N(c3nc4ccc(C(C)(C)C)cc4s3)C2c2cccnc2)cc1. The number of ether oxygens (including phenoxy) is 1. The fourth-order valence-corrected chi connectivity index (χ4v) is 5.48. The number of Topliss-reactive ketones (excluding diaryl/α,β-unsaturated/α-hetero) is 1. The molecule has 5 rings (SSSR count). The lowest BCUT2D eigenvalue weighted by Gasteiger charge is -2.22. The van der Waals surface area contributed by atoms with Crippen LogP contribution >= 0.6 is 11.3 Å². The Morgan fingerprint density at radius 1 is 1.11 bits per heavy atom. The number of thiazole rings is 1. The van der Waals surface area contributed by atoms with Crippen LogP contribution in [0.25, 0.3) is 16.0 Å². The Morgan fingerprint density at radius 3 is 2.53 bits per heavy atom. The number of nitrogens with zero attached hydrogens (tertiary/aromatic N) is 3. The van der Waals surface area contributed by atoms with Crippen molar-refractivity contribution >= 4 is 44.1 Å². The van der Waals surface area contributed by atoms with Gasteiger partial charge in [-0.2, -0.15) is 0 Å². The number of fused-ring (bicyclic) bond motifs is 1. The molecule has 1 aliphatic heterocycles. The van der Waals surface area contributed by atoms with Crippen molar-refractivity contribution in [2.24, 2.45) is 0 Å². The summed E-state index contributed by atoms with van der Waals surface area (Å²) < 4.78 is 6.55. The number of carbonyl (C=O) groups excluding carboxylic acids is 2. The summed E-state index contributed by atoms with van der Waals surface area (Å²) in [5, 5.41) is 11.7. The number of ketones is 1. The number of aliphatic hydroxyl groups excluding tert-OH is 1. The van der Waals surface area contributed by atoms with Gasteiger partial charge in [0, 0.05) is 18.0 Å². The maximum Gasteiger partial charge on any atom is 0.301 e. The maximum atomic E-state index is 13.5. The molecule has 4 aromatic rings. The summed E-state index contributed by atoms with van der Waals surface area (Å²) in [5.41, 5.74) is 2.87. The van der Waals surface area contributed by atoms with Gasteiger partial charge >= 0.3 is 5.91 Å². The van der Waals surface area contributed by atoms with Gasteiger partial charge in [0.15, 0.2) is 5.13 Å². The molecule has 8 heteroatoms. The number of aliphatic hydroxyl groups is 1. The van der Waals surface area contributed by atoms with E-state index in [0.29, 0.717) is 28.6 Å². The molecule has 0 radical (unpaired) electrons. The van der Waals surface area contributed by atoms with Gasteiger partial charge in [0.25, 0.3) is 5.78 Å². The van der Waals surface area contributed by atoms with E-state index in [4.69, 9.17) is 9.72 Å². The van der Waals surface area contributed by atoms with Gasteiger partial charge in [-0.15, -0.1) is 0 Å². The Hall–Kier alpha value is -4.04. The number of aromatic nitrogens is 2. The first-order valence-electron chi connectivity index (χ1n) is 12.5. The Labute approximate surface area is 225 Å². The molecule has 194 valence electrons. The van der Waals surface area contributed by atoms with Crippen LogP contribution in [-0.4, -0.2) is 33.4 Å². The molecule has 1 unspecified atom stereocenters. The third-order valence-electron chi connectivity index (χ3n) is 6.49. The Bertz CT molecular complexity index is 1540. The molecule has 1 N–H and O–H groups in total. The largest absolute Gasteiger partial charge is 0.507 e. The minimum absolute atomic E-state index is 0.000127. The van der Waals surface area contributed by atoms with E-state index in [1.54, 1.807) is 48.8 Å². The van der Waals surface area contributed by atoms with E-state index in [9.17, 15) is 14.7 Å². The van der Waals surface area contributed by atoms with Gasteiger partial charge in [0.05, 0.1) is 28.4 Å². The second-order valence-corrected chi connectivity index (χ2v) is 11.3. The predicted molar refractivity (Wildman–Crippen MR) is 150 cm³/mol. The van der Waals surface area contributed by atoms with Crippen molar-refractivity contribution < 1.29 is 19.4 Å². The highest BCUT2D eigenvalue weighted by Gasteiger charge is 2.48. The molecule has 0 aliphatic carbocycles. The molecule has 0 bridgehead atoms. The first kappa shape index (κ1) is 25.6. The van der Waals surface area contributed by atoms with Crippen molar-refractivity contribution in [2.45, 2.75) is 45.6 Å². The van der Waals surface area contributed by atoms with Gasteiger partial charge in [0.1, 0.15) is 11.5 Å². The number of amides is 1. The molecular weight excluding hydrogens is 498 g/mol. The number of rotatable bonds is 6. The second kappa shape index (κ2) is 10.0. The standard InChI is InChI=1S/C30H29N3O4S/c1-5-15-37-21-11-8-18(9-12-21)26(34)24-25(19-7-6-14-31-17-19)33(28(36)27(24)35)29-32-22-13-10-20(30(2,3)4)16-23(22)38-29/h6-14,16-17,25,34H,5,15H2,1-4H3/b26-24+. The molecule has 0 spiro atoms. The lowest BCUT2D eigenvalue weighted by molar-refractivity contribution is -0.132. The van der Waals surface area contributed by atoms with Gasteiger partial charge in [-0.25, -0.2) is 4.98 Å². The summed E-state index contributed by atoms with van der Waals surface area (Å²) in [7, 11) is 0. The smallest absolute Gasteiger partial charge is 0.301 e. The number of hydrogen-bond acceptors (Lipinski definition) is 7. The van der Waals surface area contributed by atoms with Crippen LogP contribution < -0.4 is 9.64 Å². The van der Waals surface area contributed by atoms with Crippen LogP contribution in [0.5, 0.6) is 5.75 Å². The minimum Gasteiger partial charge on any atom is -0.507 e. The van der Waals surface area contributed by atoms with E-state index < -0.39 is 17.7 Å². The molecule has 0 saturated carbocycles. The summed E-state index contributed by atoms with van der Waals surface area (Å²) in [6.45, 7) is 9.02. The lowest BCUT2D eigenvalue weighted by atomic mass is 9.87. The van der Waals surface area contributed by atoms with Crippen molar-refractivity contribution in [1.82, 2.24) is 9.97 Å². The summed E-state index contributed by atoms with van der Waals surface area (Å²) in [5.74, 6) is -1.09. The molecule has 1 amide bonds. The lowest BCUT2D eigenvalue weighted by Crippen LogP contribution is -2.29. The molecule has 7 nitrogen and oxygen atoms in total. The van der Waals surface area contributed by atoms with E-state index in [-0.39, 0.29) is 16.7 Å². The highest BCUT2D eigenvalue weighted by atomic mass is 32.1. The Balaban J connectivity index is 1.62. The molecular formula is C30H29N3O4S. The number of benzene rings is 2. The first-order valence-corrected chi connectivity index (χ1v) is 13.4. The predicted octanol–water partition coefficient (Wildman–Crippen LogP) is 6.40. The quantitative estimate of drug-likeness (QED) is 0.177. The zero-order valence-corrected chi connectivity index (χ0v) is 22.6. The molecule has 1 fully saturated rings. The zero-order valence-electron chi connectivity index (χ0n) is 21.8. The molecule has 3 heterocycles. The van der Waals surface area contributed by atoms with E-state index in [2.05, 4.69) is 31.8 Å². The highest BCUT2D eigenvalue weighted by molar-refractivity contribution is 7.22. The van der Waals surface area contributed by atoms with Gasteiger partial charge in [-0.1, -0.05) is 51.2 Å². The maximum absolute atomic E-state index is 13.5. The van der Waals surface area contributed by atoms with Crippen LogP contribution in [0.2, 0.25) is 0 Å². The van der Waals surface area contributed by atoms with Crippen LogP contribution in [0.4, 0.5) is 5.13 Å². The van der Waals surface area contributed by atoms with E-state index in [1.165, 1.54) is 16.2 Å². The average molecular weight is 528 g/mol. The van der Waals surface area contributed by atoms with Crippen LogP contribution in [0.1, 0.15) is 56.8 Å². The number of hydrogen-bond donors (Lipinski definition) is 1. The molecule has 38 heavy (non-hydrogen) atoms. The fraction of sp³-hybridized carbons (Fsp3) is 0.267. The van der Waals surface area contributed by atoms with Crippen molar-refractivity contribution in [2.75, 3.05) is 11.5 Å². The molecule has 1 aliphatic rings. The van der Waals surface area contributed by atoms with E-state index in [1.807, 2.05) is 19.1 Å². The number of pyridine rings is 1. The van der Waals surface area contributed by atoms with Crippen molar-refractivity contribution in [1.29, 1.82) is 0 Å². The fourth-order valence-electron chi connectivity index (χ4n) is 4.45. The van der Waals surface area contributed by atoms with Crippen LogP contribution in [0.15, 0.2) is 72.6 Å². The van der Waals surface area contributed by atoms with Crippen molar-refractivity contribution in [3.8, 4) is 5.75 Å². The summed E-state index contributed by atoms with van der Waals surface area (Å²) in [4.78, 5) is 37.2. The second-order valence-electron chi connectivity index (χ2n) is 10.3. The van der Waals surface area contributed by atoms with Gasteiger partial charge in [-0.3, -0.25) is 19.5 Å². The summed E-state index contributed by atoms with van der Waals surface area (Å²) in [6, 6.07) is 15.5. The average Bonchev–Trinajstić information content (AvgIpc) is 3.45. The van der Waals surface area contributed by atoms with Crippen molar-refractivity contribution in [3.05, 3.63) is 89.3 Å². The minimum atomic E-state index is -0.873. The first-order chi connectivity index (χ1) is 18.2. The van der Waals surface area contributed by atoms with Crippen molar-refractivity contribution in [3.63, 3.8) is 0 Å². The van der Waals surface area contributed by atoms with E-state index in [0.717, 1.165) is 22.2 Å². The highest BCUT2D eigenvalue weighted by Crippen LogP contribution is 2.44. The Kier molecular flexibility index (Phi) is 6.75. The molecule has 1 atom stereocenters. The summed E-state index contributed by atoms with van der Waals surface area (Å²) >= 11 is 1.35. The molecule has 2 aromatic heterocycles. The van der Waals surface area contributed by atoms with Crippen LogP contribution in [-0.2, 0) is 15.0 Å².